The topological polar surface area (TPSA) is 75.1 Å². The summed E-state index contributed by atoms with van der Waals surface area (Å²) in [5, 5.41) is 10.9. The van der Waals surface area contributed by atoms with Gasteiger partial charge < -0.3 is 14.6 Å². The molecule has 0 atom stereocenters. The van der Waals surface area contributed by atoms with E-state index in [9.17, 15) is 9.90 Å². The molecule has 92 valence electrons. The van der Waals surface area contributed by atoms with Gasteiger partial charge in [0.25, 0.3) is 0 Å². The summed E-state index contributed by atoms with van der Waals surface area (Å²) in [5.74, 6) is -0.895. The molecule has 0 aliphatic rings. The lowest BCUT2D eigenvalue weighted by Gasteiger charge is -2.10. The molecule has 0 spiro atoms. The van der Waals surface area contributed by atoms with Gasteiger partial charge in [-0.3, -0.25) is 0 Å². The van der Waals surface area contributed by atoms with Crippen molar-refractivity contribution in [3.63, 3.8) is 0 Å². The molecule has 2 aromatic rings. The zero-order chi connectivity index (χ0) is 13.0. The van der Waals surface area contributed by atoms with Crippen molar-refractivity contribution in [1.82, 2.24) is 9.97 Å². The van der Waals surface area contributed by atoms with Gasteiger partial charge in [0.2, 0.25) is 5.88 Å². The second-order valence-electron chi connectivity index (χ2n) is 3.50. The van der Waals surface area contributed by atoms with Crippen molar-refractivity contribution in [2.75, 3.05) is 6.61 Å². The van der Waals surface area contributed by atoms with Crippen LogP contribution in [0.25, 0.3) is 11.4 Å². The smallest absolute Gasteiger partial charge is 0.226 e. The van der Waals surface area contributed by atoms with E-state index < -0.39 is 5.97 Å². The molecule has 0 saturated heterocycles. The van der Waals surface area contributed by atoms with Crippen molar-refractivity contribution in [2.24, 2.45) is 0 Å². The fourth-order valence-electron chi connectivity index (χ4n) is 1.48. The molecule has 1 aromatic carbocycles. The number of rotatable bonds is 4. The number of aromatic nitrogens is 2. The van der Waals surface area contributed by atoms with Crippen LogP contribution >= 0.6 is 0 Å². The van der Waals surface area contributed by atoms with Gasteiger partial charge in [-0.25, -0.2) is 4.98 Å². The average molecular weight is 243 g/mol. The zero-order valence-electron chi connectivity index (χ0n) is 9.79. The van der Waals surface area contributed by atoms with Gasteiger partial charge in [-0.2, -0.15) is 4.98 Å². The van der Waals surface area contributed by atoms with E-state index in [0.29, 0.717) is 12.4 Å². The van der Waals surface area contributed by atoms with E-state index >= 15 is 0 Å². The highest BCUT2D eigenvalue weighted by atomic mass is 16.5. The number of carbonyl (C=O) groups is 1. The Kier molecular flexibility index (Phi) is 3.52. The summed E-state index contributed by atoms with van der Waals surface area (Å²) in [6.45, 7) is 2.08. The lowest BCUT2D eigenvalue weighted by molar-refractivity contribution is -0.255. The summed E-state index contributed by atoms with van der Waals surface area (Å²) in [7, 11) is 0. The highest BCUT2D eigenvalue weighted by Crippen LogP contribution is 2.20. The monoisotopic (exact) mass is 243 g/mol. The van der Waals surface area contributed by atoms with Crippen molar-refractivity contribution in [3.8, 4) is 17.3 Å². The highest BCUT2D eigenvalue weighted by Gasteiger charge is 2.10. The number of aromatic carboxylic acids is 1. The van der Waals surface area contributed by atoms with Gasteiger partial charge in [0.1, 0.15) is 0 Å². The third kappa shape index (κ3) is 2.45. The normalized spacial score (nSPS) is 10.1. The van der Waals surface area contributed by atoms with Crippen molar-refractivity contribution >= 4 is 5.97 Å². The third-order valence-electron chi connectivity index (χ3n) is 2.29. The van der Waals surface area contributed by atoms with E-state index in [1.54, 1.807) is 6.92 Å². The van der Waals surface area contributed by atoms with Crippen LogP contribution in [0.4, 0.5) is 0 Å². The van der Waals surface area contributed by atoms with Crippen LogP contribution in [0.1, 0.15) is 17.3 Å². The Balaban J connectivity index is 2.46. The zero-order valence-corrected chi connectivity index (χ0v) is 9.79. The molecule has 18 heavy (non-hydrogen) atoms. The van der Waals surface area contributed by atoms with Crippen LogP contribution in [-0.2, 0) is 0 Å². The van der Waals surface area contributed by atoms with Gasteiger partial charge in [0.05, 0.1) is 18.1 Å². The maximum Gasteiger partial charge on any atom is 0.226 e. The predicted molar refractivity (Wildman–Crippen MR) is 63.0 cm³/mol. The van der Waals surface area contributed by atoms with Crippen molar-refractivity contribution in [1.29, 1.82) is 0 Å². The van der Waals surface area contributed by atoms with Crippen LogP contribution in [-0.4, -0.2) is 22.5 Å². The standard InChI is InChI=1S/C13H12N2O3/c1-2-18-12-10(13(16)17)8-14-11(15-12)9-6-4-3-5-7-9/h3-8H,2H2,1H3,(H,16,17)/p-1. The summed E-state index contributed by atoms with van der Waals surface area (Å²) in [6.07, 6.45) is 1.20. The maximum atomic E-state index is 10.9. The number of benzene rings is 1. The van der Waals surface area contributed by atoms with E-state index in [1.165, 1.54) is 6.20 Å². The minimum absolute atomic E-state index is 0.0337. The lowest BCUT2D eigenvalue weighted by Crippen LogP contribution is -2.24. The first kappa shape index (κ1) is 12.0. The third-order valence-corrected chi connectivity index (χ3v) is 2.29. The van der Waals surface area contributed by atoms with Crippen LogP contribution in [0.5, 0.6) is 5.88 Å². The minimum Gasteiger partial charge on any atom is -0.545 e. The molecule has 0 unspecified atom stereocenters. The van der Waals surface area contributed by atoms with Gasteiger partial charge >= 0.3 is 0 Å². The van der Waals surface area contributed by atoms with Crippen LogP contribution in [0.15, 0.2) is 36.5 Å². The molecule has 0 saturated carbocycles. The largest absolute Gasteiger partial charge is 0.545 e. The Labute approximate surface area is 104 Å². The van der Waals surface area contributed by atoms with Gasteiger partial charge in [-0.05, 0) is 6.92 Å². The Morgan fingerprint density at radius 3 is 2.67 bits per heavy atom. The van der Waals surface area contributed by atoms with Gasteiger partial charge in [0.15, 0.2) is 5.82 Å². The van der Waals surface area contributed by atoms with Crippen LogP contribution in [0, 0.1) is 0 Å². The first-order valence-corrected chi connectivity index (χ1v) is 5.49. The number of ether oxygens (including phenoxy) is 1. The van der Waals surface area contributed by atoms with E-state index in [1.807, 2.05) is 30.3 Å². The molecular weight excluding hydrogens is 232 g/mol. The number of hydrogen-bond acceptors (Lipinski definition) is 5. The number of carboxylic acids is 1. The SMILES string of the molecule is CCOc1nc(-c2ccccc2)ncc1C(=O)[O-]. The first-order valence-electron chi connectivity index (χ1n) is 5.49. The molecule has 0 radical (unpaired) electrons. The van der Waals surface area contributed by atoms with Crippen LogP contribution in [0.2, 0.25) is 0 Å². The number of hydrogen-bond donors (Lipinski definition) is 0. The first-order chi connectivity index (χ1) is 8.72. The highest BCUT2D eigenvalue weighted by molar-refractivity contribution is 5.88. The van der Waals surface area contributed by atoms with E-state index in [0.717, 1.165) is 5.56 Å². The summed E-state index contributed by atoms with van der Waals surface area (Å²) in [6, 6.07) is 9.26. The molecule has 0 N–H and O–H groups in total. The Morgan fingerprint density at radius 2 is 2.06 bits per heavy atom. The van der Waals surface area contributed by atoms with E-state index in [-0.39, 0.29) is 11.4 Å². The lowest BCUT2D eigenvalue weighted by atomic mass is 10.2. The number of nitrogens with zero attached hydrogens (tertiary/aromatic N) is 2. The summed E-state index contributed by atoms with van der Waals surface area (Å²) < 4.78 is 5.19. The molecule has 2 rings (SSSR count). The molecular formula is C13H11N2O3-. The van der Waals surface area contributed by atoms with Crippen LogP contribution in [0.3, 0.4) is 0 Å². The number of carboxylic acid groups (broad SMARTS) is 1. The predicted octanol–water partition coefficient (Wildman–Crippen LogP) is 0.906. The van der Waals surface area contributed by atoms with Gasteiger partial charge in [0, 0.05) is 11.8 Å². The fraction of sp³-hybridized carbons (Fsp3) is 0.154. The van der Waals surface area contributed by atoms with Gasteiger partial charge in [-0.15, -0.1) is 0 Å². The molecule has 5 heteroatoms. The quantitative estimate of drug-likeness (QED) is 0.797. The fourth-order valence-corrected chi connectivity index (χ4v) is 1.48. The molecule has 5 nitrogen and oxygen atoms in total. The van der Waals surface area contributed by atoms with Crippen molar-refractivity contribution < 1.29 is 14.6 Å². The second-order valence-corrected chi connectivity index (χ2v) is 3.50. The van der Waals surface area contributed by atoms with Gasteiger partial charge in [-0.1, -0.05) is 30.3 Å². The van der Waals surface area contributed by atoms with Crippen molar-refractivity contribution in [2.45, 2.75) is 6.92 Å². The summed E-state index contributed by atoms with van der Waals surface area (Å²) in [5.41, 5.74) is 0.653. The Morgan fingerprint density at radius 1 is 1.33 bits per heavy atom. The second kappa shape index (κ2) is 5.27. The molecule has 1 aromatic heterocycles. The van der Waals surface area contributed by atoms with E-state index in [2.05, 4.69) is 9.97 Å². The molecule has 0 bridgehead atoms. The minimum atomic E-state index is -1.35. The van der Waals surface area contributed by atoms with Crippen molar-refractivity contribution in [3.05, 3.63) is 42.1 Å². The maximum absolute atomic E-state index is 10.9. The van der Waals surface area contributed by atoms with E-state index in [4.69, 9.17) is 4.74 Å². The summed E-state index contributed by atoms with van der Waals surface area (Å²) >= 11 is 0. The molecule has 1 heterocycles. The average Bonchev–Trinajstić information content (AvgIpc) is 2.40. The Bertz CT molecular complexity index is 555. The molecule has 0 amide bonds. The number of carbonyl (C=O) groups excluding carboxylic acids is 1. The molecule has 0 aliphatic heterocycles. The molecule has 0 aliphatic carbocycles. The van der Waals surface area contributed by atoms with Crippen LogP contribution < -0.4 is 9.84 Å². The molecule has 0 fully saturated rings. The summed E-state index contributed by atoms with van der Waals surface area (Å²) in [4.78, 5) is 19.0. The Hall–Kier alpha value is -2.43.